The minimum atomic E-state index is -0.415. The summed E-state index contributed by atoms with van der Waals surface area (Å²) in [6.45, 7) is 1.29. The molecule has 0 heterocycles. The van der Waals surface area contributed by atoms with E-state index in [9.17, 15) is 15.0 Å². The fourth-order valence-electron chi connectivity index (χ4n) is 1.32. The highest BCUT2D eigenvalue weighted by Crippen LogP contribution is 2.43. The molecule has 0 aliphatic carbocycles. The predicted octanol–water partition coefficient (Wildman–Crippen LogP) is 1.32. The fourth-order valence-corrected chi connectivity index (χ4v) is 1.32. The van der Waals surface area contributed by atoms with Crippen LogP contribution in [-0.4, -0.2) is 30.2 Å². The summed E-state index contributed by atoms with van der Waals surface area (Å²) in [4.78, 5) is 11.2. The highest BCUT2D eigenvalue weighted by molar-refractivity contribution is 6.00. The van der Waals surface area contributed by atoms with Crippen LogP contribution >= 0.6 is 0 Å². The number of carbonyl (C=O) groups excluding carboxylic acids is 1. The van der Waals surface area contributed by atoms with E-state index in [-0.39, 0.29) is 28.6 Å². The Morgan fingerprint density at radius 1 is 1.27 bits per heavy atom. The average molecular weight is 212 g/mol. The van der Waals surface area contributed by atoms with Crippen molar-refractivity contribution in [3.8, 4) is 23.0 Å². The number of ether oxygens (including phenoxy) is 2. The van der Waals surface area contributed by atoms with Gasteiger partial charge in [-0.2, -0.15) is 0 Å². The molecule has 0 saturated carbocycles. The summed E-state index contributed by atoms with van der Waals surface area (Å²) in [5.74, 6) is -1.10. The summed E-state index contributed by atoms with van der Waals surface area (Å²) in [5.41, 5.74) is -0.00727. The zero-order valence-corrected chi connectivity index (χ0v) is 8.70. The lowest BCUT2D eigenvalue weighted by Gasteiger charge is -2.12. The predicted molar refractivity (Wildman–Crippen MR) is 52.9 cm³/mol. The van der Waals surface area contributed by atoms with Crippen molar-refractivity contribution in [3.63, 3.8) is 0 Å². The SMILES string of the molecule is COc1cc(O)c(OC)c(O)c1C(C)=O. The van der Waals surface area contributed by atoms with Gasteiger partial charge < -0.3 is 19.7 Å². The molecular formula is C10H12O5. The summed E-state index contributed by atoms with van der Waals surface area (Å²) in [5, 5.41) is 19.1. The lowest BCUT2D eigenvalue weighted by Crippen LogP contribution is -2.00. The first kappa shape index (κ1) is 11.2. The number of carbonyl (C=O) groups is 1. The van der Waals surface area contributed by atoms with Gasteiger partial charge in [-0.3, -0.25) is 4.79 Å². The van der Waals surface area contributed by atoms with Gasteiger partial charge in [0.2, 0.25) is 5.75 Å². The van der Waals surface area contributed by atoms with Crippen molar-refractivity contribution >= 4 is 5.78 Å². The first-order valence-electron chi connectivity index (χ1n) is 4.20. The van der Waals surface area contributed by atoms with Gasteiger partial charge in [-0.1, -0.05) is 0 Å². The smallest absolute Gasteiger partial charge is 0.203 e. The van der Waals surface area contributed by atoms with Crippen LogP contribution in [0.1, 0.15) is 17.3 Å². The first-order chi connectivity index (χ1) is 7.02. The van der Waals surface area contributed by atoms with Crippen molar-refractivity contribution in [2.45, 2.75) is 6.92 Å². The largest absolute Gasteiger partial charge is 0.504 e. The van der Waals surface area contributed by atoms with Crippen molar-refractivity contribution in [1.82, 2.24) is 0 Å². The molecular weight excluding hydrogens is 200 g/mol. The van der Waals surface area contributed by atoms with Crippen LogP contribution in [0.5, 0.6) is 23.0 Å². The molecule has 5 nitrogen and oxygen atoms in total. The number of ketones is 1. The second kappa shape index (κ2) is 4.08. The maximum atomic E-state index is 11.2. The van der Waals surface area contributed by atoms with E-state index >= 15 is 0 Å². The van der Waals surface area contributed by atoms with Gasteiger partial charge in [-0.15, -0.1) is 0 Å². The fraction of sp³-hybridized carbons (Fsp3) is 0.300. The number of benzene rings is 1. The van der Waals surface area contributed by atoms with E-state index in [2.05, 4.69) is 0 Å². The van der Waals surface area contributed by atoms with Gasteiger partial charge in [-0.05, 0) is 6.92 Å². The Morgan fingerprint density at radius 2 is 1.87 bits per heavy atom. The van der Waals surface area contributed by atoms with Crippen molar-refractivity contribution in [1.29, 1.82) is 0 Å². The summed E-state index contributed by atoms with van der Waals surface area (Å²) >= 11 is 0. The first-order valence-corrected chi connectivity index (χ1v) is 4.20. The van der Waals surface area contributed by atoms with Crippen molar-refractivity contribution in [2.24, 2.45) is 0 Å². The topological polar surface area (TPSA) is 76.0 Å². The van der Waals surface area contributed by atoms with Crippen molar-refractivity contribution < 1.29 is 24.5 Å². The zero-order valence-electron chi connectivity index (χ0n) is 8.70. The molecule has 0 aromatic heterocycles. The van der Waals surface area contributed by atoms with Crippen LogP contribution in [0.15, 0.2) is 6.07 Å². The summed E-state index contributed by atoms with van der Waals surface area (Å²) in [6.07, 6.45) is 0. The van der Waals surface area contributed by atoms with E-state index in [0.717, 1.165) is 0 Å². The number of aromatic hydroxyl groups is 2. The van der Waals surface area contributed by atoms with Gasteiger partial charge in [0.1, 0.15) is 11.3 Å². The van der Waals surface area contributed by atoms with Crippen molar-refractivity contribution in [2.75, 3.05) is 14.2 Å². The van der Waals surface area contributed by atoms with Crippen LogP contribution < -0.4 is 9.47 Å². The Labute approximate surface area is 86.9 Å². The third-order valence-electron chi connectivity index (χ3n) is 1.97. The van der Waals surface area contributed by atoms with Crippen LogP contribution in [-0.2, 0) is 0 Å². The molecule has 0 aliphatic heterocycles. The maximum absolute atomic E-state index is 11.2. The highest BCUT2D eigenvalue weighted by Gasteiger charge is 2.21. The van der Waals surface area contributed by atoms with E-state index in [1.165, 1.54) is 27.2 Å². The van der Waals surface area contributed by atoms with Crippen LogP contribution in [0.4, 0.5) is 0 Å². The van der Waals surface area contributed by atoms with Gasteiger partial charge in [0.05, 0.1) is 14.2 Å². The van der Waals surface area contributed by atoms with Crippen LogP contribution in [0, 0.1) is 0 Å². The lowest BCUT2D eigenvalue weighted by molar-refractivity contribution is 0.101. The Hall–Kier alpha value is -1.91. The molecule has 15 heavy (non-hydrogen) atoms. The molecule has 0 radical (unpaired) electrons. The van der Waals surface area contributed by atoms with Gasteiger partial charge >= 0.3 is 0 Å². The Morgan fingerprint density at radius 3 is 2.27 bits per heavy atom. The van der Waals surface area contributed by atoms with Crippen LogP contribution in [0.25, 0.3) is 0 Å². The van der Waals surface area contributed by atoms with E-state index in [1.807, 2.05) is 0 Å². The maximum Gasteiger partial charge on any atom is 0.203 e. The molecule has 0 spiro atoms. The van der Waals surface area contributed by atoms with E-state index in [0.29, 0.717) is 0 Å². The molecule has 1 rings (SSSR count). The zero-order chi connectivity index (χ0) is 11.6. The number of methoxy groups -OCH3 is 2. The molecule has 2 N–H and O–H groups in total. The normalized spacial score (nSPS) is 9.80. The van der Waals surface area contributed by atoms with Crippen molar-refractivity contribution in [3.05, 3.63) is 11.6 Å². The summed E-state index contributed by atoms with van der Waals surface area (Å²) in [6, 6.07) is 1.22. The molecule has 0 amide bonds. The molecule has 0 unspecified atom stereocenters. The van der Waals surface area contributed by atoms with Crippen LogP contribution in [0.3, 0.4) is 0 Å². The highest BCUT2D eigenvalue weighted by atomic mass is 16.5. The molecule has 0 saturated heterocycles. The number of Topliss-reactive ketones (excluding diaryl/α,β-unsaturated/α-hetero) is 1. The minimum absolute atomic E-state index is 0.00727. The molecule has 0 atom stereocenters. The number of rotatable bonds is 3. The molecule has 0 aliphatic rings. The Bertz CT molecular complexity index is 397. The third kappa shape index (κ3) is 1.81. The molecule has 0 fully saturated rings. The number of hydrogen-bond donors (Lipinski definition) is 2. The summed E-state index contributed by atoms with van der Waals surface area (Å²) < 4.78 is 9.63. The van der Waals surface area contributed by atoms with Gasteiger partial charge in [0.25, 0.3) is 0 Å². The molecule has 1 aromatic rings. The quantitative estimate of drug-likeness (QED) is 0.739. The second-order valence-corrected chi connectivity index (χ2v) is 2.91. The lowest BCUT2D eigenvalue weighted by atomic mass is 10.1. The van der Waals surface area contributed by atoms with Gasteiger partial charge in [-0.25, -0.2) is 0 Å². The van der Waals surface area contributed by atoms with Gasteiger partial charge in [0, 0.05) is 6.07 Å². The monoisotopic (exact) mass is 212 g/mol. The van der Waals surface area contributed by atoms with Crippen LogP contribution in [0.2, 0.25) is 0 Å². The third-order valence-corrected chi connectivity index (χ3v) is 1.97. The molecule has 0 bridgehead atoms. The Balaban J connectivity index is 3.53. The van der Waals surface area contributed by atoms with E-state index in [1.54, 1.807) is 0 Å². The molecule has 82 valence electrons. The minimum Gasteiger partial charge on any atom is -0.504 e. The average Bonchev–Trinajstić information content (AvgIpc) is 2.16. The van der Waals surface area contributed by atoms with E-state index in [4.69, 9.17) is 9.47 Å². The number of phenolic OH excluding ortho intramolecular Hbond substituents is 2. The Kier molecular flexibility index (Phi) is 3.04. The number of phenols is 2. The van der Waals surface area contributed by atoms with Gasteiger partial charge in [0.15, 0.2) is 17.3 Å². The molecule has 5 heteroatoms. The summed E-state index contributed by atoms with van der Waals surface area (Å²) in [7, 11) is 2.62. The molecule has 1 aromatic carbocycles. The standard InChI is InChI=1S/C10H12O5/c1-5(11)8-7(14-2)4-6(12)10(15-3)9(8)13/h4,12-13H,1-3H3. The van der Waals surface area contributed by atoms with E-state index < -0.39 is 5.75 Å². The second-order valence-electron chi connectivity index (χ2n) is 2.91. The number of hydrogen-bond acceptors (Lipinski definition) is 5.